The van der Waals surface area contributed by atoms with Gasteiger partial charge in [-0.15, -0.1) is 0 Å². The molecule has 0 spiro atoms. The number of aromatic amines is 1. The highest BCUT2D eigenvalue weighted by molar-refractivity contribution is 7.89. The fraction of sp³-hybridized carbons (Fsp3) is 0. The van der Waals surface area contributed by atoms with Crippen molar-refractivity contribution < 1.29 is 12.8 Å². The van der Waals surface area contributed by atoms with Crippen LogP contribution in [0.5, 0.6) is 0 Å². The Kier molecular flexibility index (Phi) is 2.22. The summed E-state index contributed by atoms with van der Waals surface area (Å²) in [6, 6.07) is 2.34. The lowest BCUT2D eigenvalue weighted by Gasteiger charge is -1.97. The molecule has 0 atom stereocenters. The number of benzene rings is 1. The molecule has 0 aliphatic rings. The molecular formula is C8H6ClFN2O2S. The highest BCUT2D eigenvalue weighted by Gasteiger charge is 2.15. The van der Waals surface area contributed by atoms with Crippen molar-refractivity contribution in [1.82, 2.24) is 4.98 Å². The van der Waals surface area contributed by atoms with Crippen LogP contribution < -0.4 is 5.14 Å². The first-order chi connectivity index (χ1) is 6.89. The molecule has 0 unspecified atom stereocenters. The summed E-state index contributed by atoms with van der Waals surface area (Å²) in [6.07, 6.45) is 1.20. The van der Waals surface area contributed by atoms with Gasteiger partial charge in [0.2, 0.25) is 10.0 Å². The summed E-state index contributed by atoms with van der Waals surface area (Å²) in [5.41, 5.74) is 0.334. The summed E-state index contributed by atoms with van der Waals surface area (Å²) in [4.78, 5) is 2.51. The lowest BCUT2D eigenvalue weighted by molar-refractivity contribution is 0.598. The highest BCUT2D eigenvalue weighted by atomic mass is 35.5. The van der Waals surface area contributed by atoms with Gasteiger partial charge in [0, 0.05) is 17.1 Å². The number of fused-ring (bicyclic) bond motifs is 1. The van der Waals surface area contributed by atoms with Crippen LogP contribution in [0.1, 0.15) is 0 Å². The molecule has 7 heteroatoms. The van der Waals surface area contributed by atoms with Crippen LogP contribution in [-0.4, -0.2) is 13.4 Å². The zero-order valence-corrected chi connectivity index (χ0v) is 8.86. The van der Waals surface area contributed by atoms with Crippen LogP contribution in [-0.2, 0) is 10.0 Å². The predicted octanol–water partition coefficient (Wildman–Crippen LogP) is 1.61. The van der Waals surface area contributed by atoms with Crippen LogP contribution in [0.3, 0.4) is 0 Å². The van der Waals surface area contributed by atoms with Crippen molar-refractivity contribution in [2.75, 3.05) is 0 Å². The summed E-state index contributed by atoms with van der Waals surface area (Å²) in [6.45, 7) is 0. The molecule has 0 fully saturated rings. The number of rotatable bonds is 1. The van der Waals surface area contributed by atoms with Gasteiger partial charge in [0.15, 0.2) is 0 Å². The van der Waals surface area contributed by atoms with Crippen molar-refractivity contribution in [3.63, 3.8) is 0 Å². The van der Waals surface area contributed by atoms with Crippen LogP contribution in [0.25, 0.3) is 10.9 Å². The van der Waals surface area contributed by atoms with E-state index in [0.29, 0.717) is 5.52 Å². The van der Waals surface area contributed by atoms with E-state index in [2.05, 4.69) is 4.98 Å². The number of sulfonamides is 1. The average molecular weight is 249 g/mol. The zero-order valence-electron chi connectivity index (χ0n) is 7.29. The smallest absolute Gasteiger partial charge is 0.240 e. The molecule has 1 aromatic heterocycles. The maximum absolute atomic E-state index is 13.0. The minimum atomic E-state index is -3.83. The second kappa shape index (κ2) is 3.19. The van der Waals surface area contributed by atoms with E-state index in [4.69, 9.17) is 16.7 Å². The third-order valence-corrected chi connectivity index (χ3v) is 3.23. The lowest BCUT2D eigenvalue weighted by atomic mass is 10.2. The van der Waals surface area contributed by atoms with Gasteiger partial charge in [-0.1, -0.05) is 11.6 Å². The normalized spacial score (nSPS) is 12.2. The Bertz CT molecular complexity index is 635. The molecule has 1 heterocycles. The molecule has 0 saturated carbocycles. The average Bonchev–Trinajstić information content (AvgIpc) is 2.47. The number of aromatic nitrogens is 1. The number of hydrogen-bond acceptors (Lipinski definition) is 2. The fourth-order valence-corrected chi connectivity index (χ4v) is 2.19. The lowest BCUT2D eigenvalue weighted by Crippen LogP contribution is -2.11. The van der Waals surface area contributed by atoms with Crippen molar-refractivity contribution >= 4 is 32.5 Å². The van der Waals surface area contributed by atoms with Gasteiger partial charge in [-0.25, -0.2) is 17.9 Å². The Hall–Kier alpha value is -1.11. The molecule has 80 valence electrons. The molecule has 2 rings (SSSR count). The fourth-order valence-electron chi connectivity index (χ4n) is 1.33. The number of H-pyrrole nitrogens is 1. The van der Waals surface area contributed by atoms with Gasteiger partial charge in [-0.3, -0.25) is 0 Å². The van der Waals surface area contributed by atoms with Gasteiger partial charge in [-0.2, -0.15) is 0 Å². The molecular weight excluding hydrogens is 243 g/mol. The molecule has 3 N–H and O–H groups in total. The highest BCUT2D eigenvalue weighted by Crippen LogP contribution is 2.26. The van der Waals surface area contributed by atoms with E-state index in [1.165, 1.54) is 12.3 Å². The number of hydrogen-bond donors (Lipinski definition) is 2. The number of primary sulfonamides is 1. The van der Waals surface area contributed by atoms with Crippen LogP contribution in [0.4, 0.5) is 4.39 Å². The third-order valence-electron chi connectivity index (χ3n) is 1.99. The van der Waals surface area contributed by atoms with E-state index >= 15 is 0 Å². The molecule has 0 saturated heterocycles. The Labute approximate surface area is 89.9 Å². The van der Waals surface area contributed by atoms with Crippen molar-refractivity contribution in [1.29, 1.82) is 0 Å². The minimum Gasteiger partial charge on any atom is -0.360 e. The first-order valence-corrected chi connectivity index (χ1v) is 5.81. The van der Waals surface area contributed by atoms with Crippen molar-refractivity contribution in [2.45, 2.75) is 4.90 Å². The Morgan fingerprint density at radius 2 is 2.07 bits per heavy atom. The molecule has 0 aliphatic carbocycles. The summed E-state index contributed by atoms with van der Waals surface area (Å²) < 4.78 is 35.3. The van der Waals surface area contributed by atoms with Crippen LogP contribution in [0.2, 0.25) is 5.02 Å². The van der Waals surface area contributed by atoms with Gasteiger partial charge >= 0.3 is 0 Å². The predicted molar refractivity (Wildman–Crippen MR) is 54.6 cm³/mol. The molecule has 1 aromatic carbocycles. The SMILES string of the molecule is NS(=O)(=O)c1c[nH]c2cc(F)c(Cl)cc12. The Morgan fingerprint density at radius 3 is 2.67 bits per heavy atom. The van der Waals surface area contributed by atoms with Gasteiger partial charge < -0.3 is 4.98 Å². The van der Waals surface area contributed by atoms with E-state index in [9.17, 15) is 12.8 Å². The summed E-state index contributed by atoms with van der Waals surface area (Å²) in [5, 5.41) is 5.11. The summed E-state index contributed by atoms with van der Waals surface area (Å²) in [5.74, 6) is -0.619. The van der Waals surface area contributed by atoms with Gasteiger partial charge in [0.1, 0.15) is 10.7 Å². The second-order valence-corrected chi connectivity index (χ2v) is 4.95. The Morgan fingerprint density at radius 1 is 1.40 bits per heavy atom. The van der Waals surface area contributed by atoms with Crippen molar-refractivity contribution in [3.05, 3.63) is 29.2 Å². The van der Waals surface area contributed by atoms with Gasteiger partial charge in [0.25, 0.3) is 0 Å². The monoisotopic (exact) mass is 248 g/mol. The molecule has 0 radical (unpaired) electrons. The van der Waals surface area contributed by atoms with E-state index < -0.39 is 15.8 Å². The first kappa shape index (κ1) is 10.4. The first-order valence-electron chi connectivity index (χ1n) is 3.88. The number of nitrogens with two attached hydrogens (primary N) is 1. The largest absolute Gasteiger partial charge is 0.360 e. The van der Waals surface area contributed by atoms with E-state index in [-0.39, 0.29) is 15.3 Å². The summed E-state index contributed by atoms with van der Waals surface area (Å²) in [7, 11) is -3.83. The molecule has 0 amide bonds. The van der Waals surface area contributed by atoms with E-state index in [0.717, 1.165) is 6.07 Å². The van der Waals surface area contributed by atoms with Gasteiger partial charge in [-0.05, 0) is 12.1 Å². The molecule has 15 heavy (non-hydrogen) atoms. The standard InChI is InChI=1S/C8H6ClFN2O2S/c9-5-1-4-7(2-6(5)10)12-3-8(4)15(11,13)14/h1-3,12H,(H2,11,13,14). The van der Waals surface area contributed by atoms with E-state index in [1.54, 1.807) is 0 Å². The minimum absolute atomic E-state index is 0.0978. The number of nitrogens with one attached hydrogen (secondary N) is 1. The summed E-state index contributed by atoms with van der Waals surface area (Å²) >= 11 is 5.54. The van der Waals surface area contributed by atoms with Crippen LogP contribution in [0.15, 0.2) is 23.2 Å². The maximum atomic E-state index is 13.0. The molecule has 0 aliphatic heterocycles. The van der Waals surface area contributed by atoms with Crippen LogP contribution >= 0.6 is 11.6 Å². The molecule has 0 bridgehead atoms. The van der Waals surface area contributed by atoms with Crippen LogP contribution in [0, 0.1) is 5.82 Å². The number of halogens is 2. The second-order valence-electron chi connectivity index (χ2n) is 3.01. The maximum Gasteiger partial charge on any atom is 0.240 e. The van der Waals surface area contributed by atoms with Crippen molar-refractivity contribution in [2.24, 2.45) is 5.14 Å². The zero-order chi connectivity index (χ0) is 11.2. The quantitative estimate of drug-likeness (QED) is 0.804. The van der Waals surface area contributed by atoms with Crippen molar-refractivity contribution in [3.8, 4) is 0 Å². The Balaban J connectivity index is 2.87. The van der Waals surface area contributed by atoms with Gasteiger partial charge in [0.05, 0.1) is 5.02 Å². The topological polar surface area (TPSA) is 76.0 Å². The van der Waals surface area contributed by atoms with E-state index in [1.807, 2.05) is 0 Å². The molecule has 2 aromatic rings. The molecule has 4 nitrogen and oxygen atoms in total. The third kappa shape index (κ3) is 1.71.